The molecule has 1 spiro atoms. The molecule has 0 aromatic rings. The van der Waals surface area contributed by atoms with E-state index in [1.165, 1.54) is 32.4 Å². The molecule has 0 aromatic heterocycles. The zero-order valence-corrected chi connectivity index (χ0v) is 10.4. The number of β-amino-alcohol motifs (C(OH)–C–C–N with tert-alkyl or cyclic N) is 1. The highest BCUT2D eigenvalue weighted by molar-refractivity contribution is 5.01. The molecule has 0 radical (unpaired) electrons. The van der Waals surface area contributed by atoms with Crippen molar-refractivity contribution >= 4 is 0 Å². The smallest absolute Gasteiger partial charge is 0.0748 e. The second kappa shape index (κ2) is 3.74. The molecule has 1 atom stereocenters. The summed E-state index contributed by atoms with van der Waals surface area (Å²) in [7, 11) is 0. The third-order valence-corrected chi connectivity index (χ3v) is 3.94. The van der Waals surface area contributed by atoms with Gasteiger partial charge in [0.25, 0.3) is 0 Å². The highest BCUT2D eigenvalue weighted by Gasteiger charge is 2.48. The summed E-state index contributed by atoms with van der Waals surface area (Å²) in [6.07, 6.45) is 5.19. The quantitative estimate of drug-likeness (QED) is 0.771. The van der Waals surface area contributed by atoms with Crippen molar-refractivity contribution in [2.24, 2.45) is 11.3 Å². The van der Waals surface area contributed by atoms with E-state index in [-0.39, 0.29) is 0 Å². The van der Waals surface area contributed by atoms with Crippen LogP contribution in [0.3, 0.4) is 0 Å². The van der Waals surface area contributed by atoms with Crippen molar-refractivity contribution in [3.63, 3.8) is 0 Å². The van der Waals surface area contributed by atoms with Gasteiger partial charge in [-0.15, -0.1) is 0 Å². The summed E-state index contributed by atoms with van der Waals surface area (Å²) < 4.78 is 0. The lowest BCUT2D eigenvalue weighted by Gasteiger charge is -2.57. The molecule has 0 aromatic carbocycles. The molecule has 2 aliphatic rings. The van der Waals surface area contributed by atoms with Crippen molar-refractivity contribution in [3.05, 3.63) is 0 Å². The van der Waals surface area contributed by atoms with Crippen LogP contribution < -0.4 is 0 Å². The molecular weight excluding hydrogens is 186 g/mol. The Labute approximate surface area is 93.7 Å². The van der Waals surface area contributed by atoms with Gasteiger partial charge in [-0.2, -0.15) is 0 Å². The largest absolute Gasteiger partial charge is 0.389 e. The molecule has 0 amide bonds. The van der Waals surface area contributed by atoms with Gasteiger partial charge >= 0.3 is 0 Å². The van der Waals surface area contributed by atoms with Crippen LogP contribution in [0.1, 0.15) is 46.5 Å². The van der Waals surface area contributed by atoms with Crippen LogP contribution in [0.5, 0.6) is 0 Å². The Kier molecular flexibility index (Phi) is 2.85. The lowest BCUT2D eigenvalue weighted by atomic mass is 9.63. The van der Waals surface area contributed by atoms with Crippen molar-refractivity contribution in [3.8, 4) is 0 Å². The predicted octanol–water partition coefficient (Wildman–Crippen LogP) is 2.27. The fraction of sp³-hybridized carbons (Fsp3) is 1.00. The maximum absolute atomic E-state index is 10.2. The molecule has 1 heterocycles. The lowest BCUT2D eigenvalue weighted by molar-refractivity contribution is -0.100. The number of hydrogen-bond acceptors (Lipinski definition) is 2. The minimum atomic E-state index is -0.487. The van der Waals surface area contributed by atoms with Crippen LogP contribution in [0.2, 0.25) is 0 Å². The summed E-state index contributed by atoms with van der Waals surface area (Å²) in [4.78, 5) is 2.43. The standard InChI is InChI=1S/C13H25NO/c1-11(2)7-12(3,15)8-14-9-13(10-14)5-4-6-13/h11,15H,4-10H2,1-3H3. The zero-order valence-electron chi connectivity index (χ0n) is 10.4. The summed E-state index contributed by atoms with van der Waals surface area (Å²) in [5.74, 6) is 0.582. The molecule has 1 N–H and O–H groups in total. The van der Waals surface area contributed by atoms with Crippen molar-refractivity contribution in [1.82, 2.24) is 4.90 Å². The third kappa shape index (κ3) is 2.54. The normalized spacial score (nSPS) is 28.6. The molecule has 1 unspecified atom stereocenters. The van der Waals surface area contributed by atoms with Gasteiger partial charge in [-0.1, -0.05) is 20.3 Å². The second-order valence-corrected chi connectivity index (χ2v) is 6.59. The van der Waals surface area contributed by atoms with E-state index in [2.05, 4.69) is 18.7 Å². The van der Waals surface area contributed by atoms with E-state index in [0.29, 0.717) is 11.3 Å². The van der Waals surface area contributed by atoms with Crippen molar-refractivity contribution in [1.29, 1.82) is 0 Å². The summed E-state index contributed by atoms with van der Waals surface area (Å²) >= 11 is 0. The summed E-state index contributed by atoms with van der Waals surface area (Å²) in [6.45, 7) is 9.68. The van der Waals surface area contributed by atoms with Gasteiger partial charge in [0, 0.05) is 19.6 Å². The maximum Gasteiger partial charge on any atom is 0.0748 e. The van der Waals surface area contributed by atoms with E-state index >= 15 is 0 Å². The Balaban J connectivity index is 1.73. The molecule has 88 valence electrons. The summed E-state index contributed by atoms with van der Waals surface area (Å²) in [5, 5.41) is 10.2. The third-order valence-electron chi connectivity index (χ3n) is 3.94. The topological polar surface area (TPSA) is 23.5 Å². The molecular formula is C13H25NO. The minimum absolute atomic E-state index is 0.487. The van der Waals surface area contributed by atoms with Gasteiger partial charge in [0.1, 0.15) is 0 Å². The number of aliphatic hydroxyl groups is 1. The van der Waals surface area contributed by atoms with Gasteiger partial charge in [0.2, 0.25) is 0 Å². The fourth-order valence-electron chi connectivity index (χ4n) is 3.43. The van der Waals surface area contributed by atoms with E-state index in [4.69, 9.17) is 0 Å². The average Bonchev–Trinajstić information content (AvgIpc) is 1.88. The molecule has 0 bridgehead atoms. The first-order valence-electron chi connectivity index (χ1n) is 6.36. The van der Waals surface area contributed by atoms with Gasteiger partial charge in [0.05, 0.1) is 5.60 Å². The summed E-state index contributed by atoms with van der Waals surface area (Å²) in [6, 6.07) is 0. The summed E-state index contributed by atoms with van der Waals surface area (Å²) in [5.41, 5.74) is 0.202. The molecule has 1 saturated heterocycles. The maximum atomic E-state index is 10.2. The van der Waals surface area contributed by atoms with Crippen LogP contribution in [0.25, 0.3) is 0 Å². The molecule has 15 heavy (non-hydrogen) atoms. The Morgan fingerprint density at radius 2 is 1.93 bits per heavy atom. The van der Waals surface area contributed by atoms with E-state index in [9.17, 15) is 5.11 Å². The van der Waals surface area contributed by atoms with Crippen LogP contribution in [0, 0.1) is 11.3 Å². The first-order valence-corrected chi connectivity index (χ1v) is 6.36. The second-order valence-electron chi connectivity index (χ2n) is 6.59. The van der Waals surface area contributed by atoms with E-state index in [1.807, 2.05) is 6.92 Å². The number of nitrogens with zero attached hydrogens (tertiary/aromatic N) is 1. The monoisotopic (exact) mass is 211 g/mol. The van der Waals surface area contributed by atoms with Crippen LogP contribution in [-0.4, -0.2) is 35.2 Å². The lowest BCUT2D eigenvalue weighted by Crippen LogP contribution is -2.62. The Bertz CT molecular complexity index is 223. The number of hydrogen-bond donors (Lipinski definition) is 1. The first-order chi connectivity index (χ1) is 6.91. The predicted molar refractivity (Wildman–Crippen MR) is 62.8 cm³/mol. The van der Waals surface area contributed by atoms with Crippen molar-refractivity contribution in [2.75, 3.05) is 19.6 Å². The SMILES string of the molecule is CC(C)CC(C)(O)CN1CC2(CCC2)C1. The van der Waals surface area contributed by atoms with Crippen LogP contribution in [0.15, 0.2) is 0 Å². The molecule has 2 heteroatoms. The Hall–Kier alpha value is -0.0800. The molecule has 1 aliphatic heterocycles. The highest BCUT2D eigenvalue weighted by atomic mass is 16.3. The van der Waals surface area contributed by atoms with Crippen LogP contribution >= 0.6 is 0 Å². The first kappa shape index (κ1) is 11.4. The van der Waals surface area contributed by atoms with Crippen LogP contribution in [0.4, 0.5) is 0 Å². The molecule has 2 nitrogen and oxygen atoms in total. The van der Waals surface area contributed by atoms with E-state index in [0.717, 1.165) is 13.0 Å². The van der Waals surface area contributed by atoms with Gasteiger partial charge < -0.3 is 5.11 Å². The molecule has 1 saturated carbocycles. The Morgan fingerprint density at radius 3 is 2.33 bits per heavy atom. The average molecular weight is 211 g/mol. The van der Waals surface area contributed by atoms with Crippen LogP contribution in [-0.2, 0) is 0 Å². The molecule has 2 rings (SSSR count). The van der Waals surface area contributed by atoms with Gasteiger partial charge in [-0.3, -0.25) is 4.90 Å². The van der Waals surface area contributed by atoms with Gasteiger partial charge in [-0.25, -0.2) is 0 Å². The molecule has 1 aliphatic carbocycles. The number of likely N-dealkylation sites (tertiary alicyclic amines) is 1. The van der Waals surface area contributed by atoms with E-state index in [1.54, 1.807) is 0 Å². The fourth-order valence-corrected chi connectivity index (χ4v) is 3.43. The van der Waals surface area contributed by atoms with Crippen molar-refractivity contribution < 1.29 is 5.11 Å². The minimum Gasteiger partial charge on any atom is -0.389 e. The highest BCUT2D eigenvalue weighted by Crippen LogP contribution is 2.48. The Morgan fingerprint density at radius 1 is 1.33 bits per heavy atom. The number of rotatable bonds is 4. The van der Waals surface area contributed by atoms with E-state index < -0.39 is 5.60 Å². The van der Waals surface area contributed by atoms with Crippen molar-refractivity contribution in [2.45, 2.75) is 52.1 Å². The zero-order chi connectivity index (χ0) is 11.1. The molecule has 2 fully saturated rings. The van der Waals surface area contributed by atoms with Gasteiger partial charge in [0.15, 0.2) is 0 Å². The van der Waals surface area contributed by atoms with Gasteiger partial charge in [-0.05, 0) is 37.5 Å².